The Bertz CT molecular complexity index is 449. The van der Waals surface area contributed by atoms with E-state index in [2.05, 4.69) is 4.98 Å². The number of hydrogen-bond donors (Lipinski definition) is 2. The zero-order valence-electron chi connectivity index (χ0n) is 8.73. The summed E-state index contributed by atoms with van der Waals surface area (Å²) in [5, 5.41) is 9.18. The van der Waals surface area contributed by atoms with Gasteiger partial charge in [0.1, 0.15) is 5.56 Å². The molecule has 1 unspecified atom stereocenters. The van der Waals surface area contributed by atoms with E-state index in [4.69, 9.17) is 5.11 Å². The number of hydrogen-bond acceptors (Lipinski definition) is 3. The number of thioether (sulfide) groups is 1. The lowest BCUT2D eigenvalue weighted by atomic mass is 10.1. The number of aromatic amines is 1. The molecule has 16 heavy (non-hydrogen) atoms. The molecule has 0 radical (unpaired) electrons. The topological polar surface area (TPSA) is 70.2 Å². The molecule has 1 aromatic heterocycles. The van der Waals surface area contributed by atoms with Gasteiger partial charge in [-0.1, -0.05) is 6.42 Å². The van der Waals surface area contributed by atoms with Crippen LogP contribution in [0.15, 0.2) is 17.1 Å². The predicted octanol–water partition coefficient (Wildman–Crippen LogP) is 2.03. The average molecular weight is 239 g/mol. The fraction of sp³-hybridized carbons (Fsp3) is 0.455. The fourth-order valence-corrected chi connectivity index (χ4v) is 3.17. The molecule has 1 atom stereocenters. The molecule has 86 valence electrons. The Morgan fingerprint density at radius 2 is 2.31 bits per heavy atom. The number of H-pyrrole nitrogens is 1. The Hall–Kier alpha value is -1.23. The maximum atomic E-state index is 11.3. The Morgan fingerprint density at radius 1 is 1.50 bits per heavy atom. The highest BCUT2D eigenvalue weighted by molar-refractivity contribution is 7.99. The standard InChI is InChI=1S/C11H13NO3S/c13-10-8(11(14)15)5-7(6-12-10)9-3-1-2-4-16-9/h5-6,9H,1-4H2,(H,12,13)(H,14,15). The number of aromatic carboxylic acids is 1. The molecule has 1 aliphatic heterocycles. The first-order chi connectivity index (χ1) is 7.68. The summed E-state index contributed by atoms with van der Waals surface area (Å²) < 4.78 is 0. The Kier molecular flexibility index (Phi) is 3.33. The molecule has 2 rings (SSSR count). The Balaban J connectivity index is 2.31. The molecule has 0 aliphatic carbocycles. The zero-order chi connectivity index (χ0) is 11.5. The maximum Gasteiger partial charge on any atom is 0.341 e. The van der Waals surface area contributed by atoms with Gasteiger partial charge in [0, 0.05) is 11.4 Å². The normalized spacial score (nSPS) is 20.6. The van der Waals surface area contributed by atoms with E-state index >= 15 is 0 Å². The summed E-state index contributed by atoms with van der Waals surface area (Å²) in [7, 11) is 0. The lowest BCUT2D eigenvalue weighted by Crippen LogP contribution is -2.18. The second kappa shape index (κ2) is 4.74. The highest BCUT2D eigenvalue weighted by Crippen LogP contribution is 2.37. The third-order valence-corrected chi connectivity index (χ3v) is 4.14. The van der Waals surface area contributed by atoms with E-state index in [-0.39, 0.29) is 5.56 Å². The molecule has 2 heterocycles. The van der Waals surface area contributed by atoms with Gasteiger partial charge in [0.25, 0.3) is 5.56 Å². The van der Waals surface area contributed by atoms with Crippen LogP contribution in [0.25, 0.3) is 0 Å². The number of pyridine rings is 1. The van der Waals surface area contributed by atoms with Crippen LogP contribution in [0, 0.1) is 0 Å². The van der Waals surface area contributed by atoms with Crippen LogP contribution in [-0.2, 0) is 0 Å². The van der Waals surface area contributed by atoms with E-state index in [0.717, 1.165) is 17.7 Å². The fourth-order valence-electron chi connectivity index (χ4n) is 1.85. The van der Waals surface area contributed by atoms with Crippen molar-refractivity contribution in [1.82, 2.24) is 4.98 Å². The van der Waals surface area contributed by atoms with Crippen LogP contribution in [0.3, 0.4) is 0 Å². The molecule has 1 aromatic rings. The molecule has 0 aromatic carbocycles. The summed E-state index contributed by atoms with van der Waals surface area (Å²) in [5.41, 5.74) is 0.224. The molecular formula is C11H13NO3S. The zero-order valence-corrected chi connectivity index (χ0v) is 9.55. The molecule has 1 fully saturated rings. The number of aromatic nitrogens is 1. The van der Waals surface area contributed by atoms with Crippen molar-refractivity contribution in [3.05, 3.63) is 33.7 Å². The molecule has 1 saturated heterocycles. The van der Waals surface area contributed by atoms with Crippen molar-refractivity contribution < 1.29 is 9.90 Å². The summed E-state index contributed by atoms with van der Waals surface area (Å²) in [6.07, 6.45) is 5.07. The van der Waals surface area contributed by atoms with Crippen LogP contribution in [0.2, 0.25) is 0 Å². The van der Waals surface area contributed by atoms with Crippen molar-refractivity contribution in [2.45, 2.75) is 24.5 Å². The molecule has 1 aliphatic rings. The van der Waals surface area contributed by atoms with Gasteiger partial charge in [-0.2, -0.15) is 11.8 Å². The third kappa shape index (κ3) is 2.29. The van der Waals surface area contributed by atoms with Gasteiger partial charge in [-0.3, -0.25) is 4.79 Å². The van der Waals surface area contributed by atoms with Gasteiger partial charge in [0.15, 0.2) is 0 Å². The molecule has 0 spiro atoms. The van der Waals surface area contributed by atoms with E-state index in [1.165, 1.54) is 18.9 Å². The number of rotatable bonds is 2. The second-order valence-electron chi connectivity index (χ2n) is 3.84. The van der Waals surface area contributed by atoms with Crippen molar-refractivity contribution in [2.24, 2.45) is 0 Å². The largest absolute Gasteiger partial charge is 0.477 e. The smallest absolute Gasteiger partial charge is 0.341 e. The molecule has 0 saturated carbocycles. The molecule has 0 bridgehead atoms. The SMILES string of the molecule is O=C(O)c1cc(C2CCCCS2)c[nH]c1=O. The van der Waals surface area contributed by atoms with Crippen LogP contribution in [0.4, 0.5) is 0 Å². The Morgan fingerprint density at radius 3 is 2.94 bits per heavy atom. The minimum absolute atomic E-state index is 0.163. The molecular weight excluding hydrogens is 226 g/mol. The van der Waals surface area contributed by atoms with Crippen molar-refractivity contribution in [2.75, 3.05) is 5.75 Å². The van der Waals surface area contributed by atoms with Crippen molar-refractivity contribution in [1.29, 1.82) is 0 Å². The van der Waals surface area contributed by atoms with E-state index in [1.54, 1.807) is 6.20 Å². The van der Waals surface area contributed by atoms with E-state index in [9.17, 15) is 9.59 Å². The van der Waals surface area contributed by atoms with Gasteiger partial charge in [-0.25, -0.2) is 4.79 Å². The van der Waals surface area contributed by atoms with E-state index in [1.807, 2.05) is 11.8 Å². The van der Waals surface area contributed by atoms with Crippen LogP contribution in [-0.4, -0.2) is 21.8 Å². The number of carbonyl (C=O) groups is 1. The number of carboxylic acids is 1. The van der Waals surface area contributed by atoms with Crippen LogP contribution in [0.5, 0.6) is 0 Å². The van der Waals surface area contributed by atoms with Gasteiger partial charge < -0.3 is 10.1 Å². The van der Waals surface area contributed by atoms with Crippen LogP contribution < -0.4 is 5.56 Å². The molecule has 2 N–H and O–H groups in total. The first kappa shape index (κ1) is 11.3. The van der Waals surface area contributed by atoms with Gasteiger partial charge in [0.2, 0.25) is 0 Å². The monoisotopic (exact) mass is 239 g/mol. The summed E-state index contributed by atoms with van der Waals surface area (Å²) in [6.45, 7) is 0. The Labute approximate surface area is 97.1 Å². The van der Waals surface area contributed by atoms with Crippen molar-refractivity contribution >= 4 is 17.7 Å². The summed E-state index contributed by atoms with van der Waals surface area (Å²) in [4.78, 5) is 24.6. The highest BCUT2D eigenvalue weighted by Gasteiger charge is 2.18. The maximum absolute atomic E-state index is 11.3. The molecule has 0 amide bonds. The van der Waals surface area contributed by atoms with Gasteiger partial charge in [0.05, 0.1) is 0 Å². The number of nitrogens with one attached hydrogen (secondary N) is 1. The van der Waals surface area contributed by atoms with E-state index < -0.39 is 11.5 Å². The van der Waals surface area contributed by atoms with Crippen molar-refractivity contribution in [3.8, 4) is 0 Å². The van der Waals surface area contributed by atoms with Crippen LogP contribution in [0.1, 0.15) is 40.4 Å². The van der Waals surface area contributed by atoms with Gasteiger partial charge >= 0.3 is 5.97 Å². The summed E-state index contributed by atoms with van der Waals surface area (Å²) in [5.74, 6) is -0.0597. The number of carboxylic acid groups (broad SMARTS) is 1. The minimum Gasteiger partial charge on any atom is -0.477 e. The summed E-state index contributed by atoms with van der Waals surface area (Å²) >= 11 is 1.83. The van der Waals surface area contributed by atoms with Gasteiger partial charge in [-0.05, 0) is 30.2 Å². The second-order valence-corrected chi connectivity index (χ2v) is 5.15. The lowest BCUT2D eigenvalue weighted by Gasteiger charge is -2.21. The lowest BCUT2D eigenvalue weighted by molar-refractivity contribution is 0.0695. The molecule has 5 heteroatoms. The molecule has 4 nitrogen and oxygen atoms in total. The first-order valence-electron chi connectivity index (χ1n) is 5.26. The van der Waals surface area contributed by atoms with Crippen molar-refractivity contribution in [3.63, 3.8) is 0 Å². The third-order valence-electron chi connectivity index (χ3n) is 2.71. The van der Waals surface area contributed by atoms with E-state index in [0.29, 0.717) is 5.25 Å². The van der Waals surface area contributed by atoms with Gasteiger partial charge in [-0.15, -0.1) is 0 Å². The highest BCUT2D eigenvalue weighted by atomic mass is 32.2. The quantitative estimate of drug-likeness (QED) is 0.828. The first-order valence-corrected chi connectivity index (χ1v) is 6.31. The predicted molar refractivity (Wildman–Crippen MR) is 63.1 cm³/mol. The average Bonchev–Trinajstić information content (AvgIpc) is 2.30. The minimum atomic E-state index is -1.16. The van der Waals surface area contributed by atoms with Crippen LogP contribution >= 0.6 is 11.8 Å². The summed E-state index contributed by atoms with van der Waals surface area (Å²) in [6, 6.07) is 1.50.